The molecular formula is C20H26N4O3. The van der Waals surface area contributed by atoms with Crippen LogP contribution in [0.1, 0.15) is 25.5 Å². The molecule has 1 amide bonds. The lowest BCUT2D eigenvalue weighted by molar-refractivity contribution is -0.118. The zero-order valence-electron chi connectivity index (χ0n) is 16.1. The lowest BCUT2D eigenvalue weighted by Crippen LogP contribution is -2.35. The van der Waals surface area contributed by atoms with Crippen molar-refractivity contribution >= 4 is 17.5 Å². The van der Waals surface area contributed by atoms with Gasteiger partial charge in [-0.15, -0.1) is 0 Å². The smallest absolute Gasteiger partial charge is 0.262 e. The summed E-state index contributed by atoms with van der Waals surface area (Å²) in [7, 11) is 1.60. The molecule has 1 aromatic carbocycles. The number of hydrogen-bond acceptors (Lipinski definition) is 6. The number of piperidine rings is 1. The molecule has 1 fully saturated rings. The summed E-state index contributed by atoms with van der Waals surface area (Å²) >= 11 is 0. The van der Waals surface area contributed by atoms with Gasteiger partial charge in [0.2, 0.25) is 11.8 Å². The molecule has 1 saturated heterocycles. The van der Waals surface area contributed by atoms with Gasteiger partial charge in [0.25, 0.3) is 5.91 Å². The summed E-state index contributed by atoms with van der Waals surface area (Å²) in [6, 6.07) is 8.88. The van der Waals surface area contributed by atoms with Gasteiger partial charge < -0.3 is 19.7 Å². The van der Waals surface area contributed by atoms with Crippen molar-refractivity contribution in [2.75, 3.05) is 37.0 Å². The van der Waals surface area contributed by atoms with Crippen molar-refractivity contribution in [1.82, 2.24) is 9.97 Å². The number of hydrogen-bond donors (Lipinski definition) is 1. The zero-order chi connectivity index (χ0) is 19.2. The molecule has 2 heterocycles. The summed E-state index contributed by atoms with van der Waals surface area (Å²) in [4.78, 5) is 23.3. The summed E-state index contributed by atoms with van der Waals surface area (Å²) < 4.78 is 10.7. The Balaban J connectivity index is 1.59. The second kappa shape index (κ2) is 8.70. The second-order valence-electron chi connectivity index (χ2n) is 6.91. The van der Waals surface area contributed by atoms with Gasteiger partial charge >= 0.3 is 0 Å². The normalized spacial score (nSPS) is 16.7. The molecule has 0 spiro atoms. The molecular weight excluding hydrogens is 344 g/mol. The number of carbonyl (C=O) groups excluding carboxylic acids is 1. The van der Waals surface area contributed by atoms with Crippen LogP contribution in [0.4, 0.5) is 11.6 Å². The molecule has 2 aromatic rings. The molecule has 0 radical (unpaired) electrons. The van der Waals surface area contributed by atoms with Gasteiger partial charge in [-0.25, -0.2) is 4.98 Å². The van der Waals surface area contributed by atoms with Crippen molar-refractivity contribution in [3.8, 4) is 11.6 Å². The Hall–Kier alpha value is -2.83. The number of ether oxygens (including phenoxy) is 2. The maximum Gasteiger partial charge on any atom is 0.262 e. The largest absolute Gasteiger partial charge is 0.497 e. The number of carbonyl (C=O) groups is 1. The second-order valence-corrected chi connectivity index (χ2v) is 6.91. The monoisotopic (exact) mass is 370 g/mol. The van der Waals surface area contributed by atoms with Gasteiger partial charge in [-0.2, -0.15) is 4.98 Å². The van der Waals surface area contributed by atoms with E-state index in [-0.39, 0.29) is 12.5 Å². The first kappa shape index (κ1) is 18.9. The molecule has 3 rings (SSSR count). The van der Waals surface area contributed by atoms with Crippen LogP contribution < -0.4 is 19.7 Å². The standard InChI is InChI=1S/C20H26N4O3/c1-14-5-4-10-24(12-14)20-21-15(2)11-19(23-20)27-13-18(25)22-16-6-8-17(26-3)9-7-16/h6-9,11,14H,4-5,10,12-13H2,1-3H3,(H,22,25)/t14-/m0/s1. The third-order valence-electron chi connectivity index (χ3n) is 4.48. The van der Waals surface area contributed by atoms with Crippen molar-refractivity contribution < 1.29 is 14.3 Å². The lowest BCUT2D eigenvalue weighted by Gasteiger charge is -2.31. The molecule has 1 aliphatic rings. The van der Waals surface area contributed by atoms with Gasteiger partial charge in [0, 0.05) is 30.5 Å². The molecule has 0 unspecified atom stereocenters. The molecule has 27 heavy (non-hydrogen) atoms. The van der Waals surface area contributed by atoms with Crippen molar-refractivity contribution in [3.63, 3.8) is 0 Å². The van der Waals surface area contributed by atoms with E-state index < -0.39 is 0 Å². The van der Waals surface area contributed by atoms with E-state index in [0.29, 0.717) is 23.4 Å². The van der Waals surface area contributed by atoms with E-state index in [4.69, 9.17) is 9.47 Å². The van der Waals surface area contributed by atoms with Gasteiger partial charge in [-0.05, 0) is 49.9 Å². The van der Waals surface area contributed by atoms with Gasteiger partial charge in [0.15, 0.2) is 6.61 Å². The minimum atomic E-state index is -0.246. The van der Waals surface area contributed by atoms with Gasteiger partial charge in [-0.1, -0.05) is 6.92 Å². The molecule has 1 aliphatic heterocycles. The van der Waals surface area contributed by atoms with E-state index in [1.807, 2.05) is 6.92 Å². The van der Waals surface area contributed by atoms with E-state index in [2.05, 4.69) is 27.1 Å². The Morgan fingerprint density at radius 3 is 2.78 bits per heavy atom. The quantitative estimate of drug-likeness (QED) is 0.842. The highest BCUT2D eigenvalue weighted by Crippen LogP contribution is 2.22. The van der Waals surface area contributed by atoms with E-state index >= 15 is 0 Å². The van der Waals surface area contributed by atoms with Crippen LogP contribution in [-0.2, 0) is 4.79 Å². The van der Waals surface area contributed by atoms with Crippen LogP contribution in [0.25, 0.3) is 0 Å². The SMILES string of the molecule is COc1ccc(NC(=O)COc2cc(C)nc(N3CCC[C@H](C)C3)n2)cc1. The number of benzene rings is 1. The Morgan fingerprint density at radius 1 is 1.30 bits per heavy atom. The van der Waals surface area contributed by atoms with Crippen LogP contribution in [0, 0.1) is 12.8 Å². The van der Waals surface area contributed by atoms with Crippen LogP contribution in [0.2, 0.25) is 0 Å². The van der Waals surface area contributed by atoms with Gasteiger partial charge in [0.1, 0.15) is 5.75 Å². The number of anilines is 2. The Kier molecular flexibility index (Phi) is 6.11. The highest BCUT2D eigenvalue weighted by molar-refractivity contribution is 5.91. The Labute approximate surface area is 159 Å². The molecule has 1 N–H and O–H groups in total. The van der Waals surface area contributed by atoms with Crippen LogP contribution in [0.3, 0.4) is 0 Å². The highest BCUT2D eigenvalue weighted by atomic mass is 16.5. The minimum absolute atomic E-state index is 0.113. The first-order valence-corrected chi connectivity index (χ1v) is 9.21. The van der Waals surface area contributed by atoms with Crippen molar-refractivity contribution in [3.05, 3.63) is 36.0 Å². The van der Waals surface area contributed by atoms with Crippen LogP contribution in [0.5, 0.6) is 11.6 Å². The fourth-order valence-corrected chi connectivity index (χ4v) is 3.12. The summed E-state index contributed by atoms with van der Waals surface area (Å²) in [6.45, 7) is 5.93. The Morgan fingerprint density at radius 2 is 2.07 bits per heavy atom. The summed E-state index contributed by atoms with van der Waals surface area (Å²) in [5.41, 5.74) is 1.51. The summed E-state index contributed by atoms with van der Waals surface area (Å²) in [6.07, 6.45) is 2.37. The average Bonchev–Trinajstić information content (AvgIpc) is 2.66. The molecule has 7 heteroatoms. The molecule has 0 aliphatic carbocycles. The highest BCUT2D eigenvalue weighted by Gasteiger charge is 2.19. The topological polar surface area (TPSA) is 76.6 Å². The number of aryl methyl sites for hydroxylation is 1. The van der Waals surface area contributed by atoms with Crippen LogP contribution in [-0.4, -0.2) is 42.7 Å². The van der Waals surface area contributed by atoms with E-state index in [1.54, 1.807) is 37.4 Å². The zero-order valence-corrected chi connectivity index (χ0v) is 16.1. The molecule has 1 aromatic heterocycles. The van der Waals surface area contributed by atoms with E-state index in [9.17, 15) is 4.79 Å². The predicted molar refractivity (Wildman–Crippen MR) is 104 cm³/mol. The molecule has 144 valence electrons. The third kappa shape index (κ3) is 5.32. The summed E-state index contributed by atoms with van der Waals surface area (Å²) in [5.74, 6) is 2.21. The predicted octanol–water partition coefficient (Wildman–Crippen LogP) is 3.05. The number of aromatic nitrogens is 2. The first-order chi connectivity index (χ1) is 13.0. The third-order valence-corrected chi connectivity index (χ3v) is 4.48. The number of amides is 1. The van der Waals surface area contributed by atoms with Gasteiger partial charge in [-0.3, -0.25) is 4.79 Å². The first-order valence-electron chi connectivity index (χ1n) is 9.21. The molecule has 1 atom stereocenters. The van der Waals surface area contributed by atoms with Crippen molar-refractivity contribution in [2.45, 2.75) is 26.7 Å². The number of rotatable bonds is 6. The van der Waals surface area contributed by atoms with Crippen molar-refractivity contribution in [2.24, 2.45) is 5.92 Å². The van der Waals surface area contributed by atoms with Crippen molar-refractivity contribution in [1.29, 1.82) is 0 Å². The lowest BCUT2D eigenvalue weighted by atomic mass is 10.0. The van der Waals surface area contributed by atoms with E-state index in [0.717, 1.165) is 31.0 Å². The molecule has 0 bridgehead atoms. The Bertz CT molecular complexity index is 779. The molecule has 0 saturated carbocycles. The summed E-state index contributed by atoms with van der Waals surface area (Å²) in [5, 5.41) is 2.79. The average molecular weight is 370 g/mol. The van der Waals surface area contributed by atoms with Crippen LogP contribution >= 0.6 is 0 Å². The number of nitrogens with zero attached hydrogens (tertiary/aromatic N) is 3. The fraction of sp³-hybridized carbons (Fsp3) is 0.450. The number of nitrogens with one attached hydrogen (secondary N) is 1. The number of methoxy groups -OCH3 is 1. The molecule has 7 nitrogen and oxygen atoms in total. The maximum absolute atomic E-state index is 12.1. The van der Waals surface area contributed by atoms with Gasteiger partial charge in [0.05, 0.1) is 7.11 Å². The van der Waals surface area contributed by atoms with E-state index in [1.165, 1.54) is 6.42 Å². The maximum atomic E-state index is 12.1. The fourth-order valence-electron chi connectivity index (χ4n) is 3.12. The minimum Gasteiger partial charge on any atom is -0.497 e. The van der Waals surface area contributed by atoms with Crippen LogP contribution in [0.15, 0.2) is 30.3 Å².